The molecule has 1 atom stereocenters. The summed E-state index contributed by atoms with van der Waals surface area (Å²) in [7, 11) is 4.94. The zero-order valence-electron chi connectivity index (χ0n) is 12.7. The first-order chi connectivity index (χ1) is 8.92. The highest BCUT2D eigenvalue weighted by atomic mass is 16.5. The molecule has 1 unspecified atom stereocenters. The Labute approximate surface area is 116 Å². The summed E-state index contributed by atoms with van der Waals surface area (Å²) in [6.07, 6.45) is 0.960. The monoisotopic (exact) mass is 273 g/mol. The Morgan fingerprint density at radius 3 is 2.37 bits per heavy atom. The van der Waals surface area contributed by atoms with E-state index in [-0.39, 0.29) is 30.9 Å². The maximum absolute atomic E-state index is 12.1. The van der Waals surface area contributed by atoms with E-state index in [1.807, 2.05) is 6.92 Å². The Morgan fingerprint density at radius 2 is 1.89 bits per heavy atom. The molecule has 0 saturated carbocycles. The third-order valence-electron chi connectivity index (χ3n) is 2.96. The van der Waals surface area contributed by atoms with Crippen LogP contribution in [0.2, 0.25) is 0 Å². The van der Waals surface area contributed by atoms with Crippen LogP contribution in [0.4, 0.5) is 0 Å². The Balaban J connectivity index is 4.38. The highest BCUT2D eigenvalue weighted by Crippen LogP contribution is 1.94. The number of methoxy groups -OCH3 is 1. The predicted molar refractivity (Wildman–Crippen MR) is 74.9 cm³/mol. The van der Waals surface area contributed by atoms with E-state index < -0.39 is 0 Å². The molecule has 19 heavy (non-hydrogen) atoms. The zero-order chi connectivity index (χ0) is 14.8. The summed E-state index contributed by atoms with van der Waals surface area (Å²) >= 11 is 0. The molecule has 0 aromatic rings. The van der Waals surface area contributed by atoms with E-state index in [1.54, 1.807) is 21.2 Å². The Kier molecular flexibility index (Phi) is 9.16. The van der Waals surface area contributed by atoms with Crippen molar-refractivity contribution in [2.75, 3.05) is 47.4 Å². The van der Waals surface area contributed by atoms with Gasteiger partial charge in [0, 0.05) is 33.8 Å². The number of hydrogen-bond donors (Lipinski definition) is 1. The van der Waals surface area contributed by atoms with Gasteiger partial charge in [0.15, 0.2) is 0 Å². The average molecular weight is 273 g/mol. The van der Waals surface area contributed by atoms with Crippen molar-refractivity contribution in [3.05, 3.63) is 0 Å². The SMILES string of the molecule is CCC(C)NCC(=O)N(CCOC)CC(=O)N(C)C. The second-order valence-electron chi connectivity index (χ2n) is 4.79. The molecular weight excluding hydrogens is 246 g/mol. The largest absolute Gasteiger partial charge is 0.383 e. The summed E-state index contributed by atoms with van der Waals surface area (Å²) in [6.45, 7) is 5.28. The summed E-state index contributed by atoms with van der Waals surface area (Å²) in [5, 5.41) is 3.13. The number of hydrogen-bond acceptors (Lipinski definition) is 4. The molecule has 0 fully saturated rings. The fraction of sp³-hybridized carbons (Fsp3) is 0.846. The van der Waals surface area contributed by atoms with Crippen LogP contribution in [0, 0.1) is 0 Å². The highest BCUT2D eigenvalue weighted by molar-refractivity contribution is 5.85. The van der Waals surface area contributed by atoms with Gasteiger partial charge in [-0.2, -0.15) is 0 Å². The lowest BCUT2D eigenvalue weighted by Gasteiger charge is -2.24. The molecule has 0 rings (SSSR count). The van der Waals surface area contributed by atoms with Crippen LogP contribution in [0.3, 0.4) is 0 Å². The predicted octanol–water partition coefficient (Wildman–Crippen LogP) is -0.0623. The zero-order valence-corrected chi connectivity index (χ0v) is 12.7. The van der Waals surface area contributed by atoms with Crippen molar-refractivity contribution in [3.63, 3.8) is 0 Å². The Hall–Kier alpha value is -1.14. The summed E-state index contributed by atoms with van der Waals surface area (Å²) < 4.78 is 4.97. The minimum absolute atomic E-state index is 0.0763. The molecule has 0 radical (unpaired) electrons. The lowest BCUT2D eigenvalue weighted by molar-refractivity contribution is -0.139. The van der Waals surface area contributed by atoms with Crippen molar-refractivity contribution < 1.29 is 14.3 Å². The van der Waals surface area contributed by atoms with Crippen molar-refractivity contribution >= 4 is 11.8 Å². The molecule has 6 nitrogen and oxygen atoms in total. The van der Waals surface area contributed by atoms with E-state index in [4.69, 9.17) is 4.74 Å². The topological polar surface area (TPSA) is 61.9 Å². The molecule has 112 valence electrons. The molecule has 0 bridgehead atoms. The molecular formula is C13H27N3O3. The number of nitrogens with one attached hydrogen (secondary N) is 1. The molecule has 1 N–H and O–H groups in total. The van der Waals surface area contributed by atoms with E-state index in [1.165, 1.54) is 9.80 Å². The molecule has 0 aromatic carbocycles. The van der Waals surface area contributed by atoms with Crippen LogP contribution in [-0.4, -0.2) is 75.1 Å². The molecule has 0 saturated heterocycles. The lowest BCUT2D eigenvalue weighted by Crippen LogP contribution is -2.46. The van der Waals surface area contributed by atoms with Crippen LogP contribution < -0.4 is 5.32 Å². The van der Waals surface area contributed by atoms with Gasteiger partial charge < -0.3 is 19.9 Å². The first-order valence-corrected chi connectivity index (χ1v) is 6.62. The number of nitrogens with zero attached hydrogens (tertiary/aromatic N) is 2. The third kappa shape index (κ3) is 7.79. The average Bonchev–Trinajstić information content (AvgIpc) is 2.39. The van der Waals surface area contributed by atoms with Gasteiger partial charge in [-0.25, -0.2) is 0 Å². The molecule has 2 amide bonds. The van der Waals surface area contributed by atoms with Gasteiger partial charge in [0.2, 0.25) is 11.8 Å². The molecule has 0 aromatic heterocycles. The van der Waals surface area contributed by atoms with Gasteiger partial charge in [-0.1, -0.05) is 6.92 Å². The molecule has 6 heteroatoms. The van der Waals surface area contributed by atoms with Gasteiger partial charge in [-0.15, -0.1) is 0 Å². The summed E-state index contributed by atoms with van der Waals surface area (Å²) in [5.74, 6) is -0.166. The van der Waals surface area contributed by atoms with E-state index in [9.17, 15) is 9.59 Å². The summed E-state index contributed by atoms with van der Waals surface area (Å²) in [6, 6.07) is 0.290. The van der Waals surface area contributed by atoms with Crippen molar-refractivity contribution in [1.82, 2.24) is 15.1 Å². The number of likely N-dealkylation sites (N-methyl/N-ethyl adjacent to an activating group) is 1. The van der Waals surface area contributed by atoms with Crippen molar-refractivity contribution in [1.29, 1.82) is 0 Å². The second kappa shape index (κ2) is 9.75. The first-order valence-electron chi connectivity index (χ1n) is 6.62. The van der Waals surface area contributed by atoms with Crippen molar-refractivity contribution in [2.45, 2.75) is 26.3 Å². The molecule has 0 aliphatic carbocycles. The number of rotatable bonds is 9. The number of carbonyl (C=O) groups is 2. The number of ether oxygens (including phenoxy) is 1. The van der Waals surface area contributed by atoms with Gasteiger partial charge in [0.05, 0.1) is 19.7 Å². The van der Waals surface area contributed by atoms with E-state index in [2.05, 4.69) is 12.2 Å². The van der Waals surface area contributed by atoms with Gasteiger partial charge in [-0.05, 0) is 13.3 Å². The first kappa shape index (κ1) is 17.9. The maximum atomic E-state index is 12.1. The van der Waals surface area contributed by atoms with Crippen LogP contribution in [0.15, 0.2) is 0 Å². The van der Waals surface area contributed by atoms with Crippen LogP contribution in [0.1, 0.15) is 20.3 Å². The fourth-order valence-corrected chi connectivity index (χ4v) is 1.32. The molecule has 0 aliphatic heterocycles. The number of carbonyl (C=O) groups excluding carboxylic acids is 2. The van der Waals surface area contributed by atoms with Gasteiger partial charge in [0.1, 0.15) is 0 Å². The fourth-order valence-electron chi connectivity index (χ4n) is 1.32. The van der Waals surface area contributed by atoms with Crippen LogP contribution in [0.25, 0.3) is 0 Å². The Bertz CT molecular complexity index is 282. The quantitative estimate of drug-likeness (QED) is 0.639. The smallest absolute Gasteiger partial charge is 0.241 e. The standard InChI is InChI=1S/C13H27N3O3/c1-6-11(2)14-9-12(17)16(7-8-19-5)10-13(18)15(3)4/h11,14H,6-10H2,1-5H3. The molecule has 0 heterocycles. The van der Waals surface area contributed by atoms with Crippen LogP contribution in [-0.2, 0) is 14.3 Å². The van der Waals surface area contributed by atoms with Gasteiger partial charge >= 0.3 is 0 Å². The van der Waals surface area contributed by atoms with E-state index in [0.717, 1.165) is 6.42 Å². The van der Waals surface area contributed by atoms with Crippen molar-refractivity contribution in [3.8, 4) is 0 Å². The normalized spacial score (nSPS) is 12.1. The van der Waals surface area contributed by atoms with Crippen LogP contribution in [0.5, 0.6) is 0 Å². The molecule has 0 spiro atoms. The third-order valence-corrected chi connectivity index (χ3v) is 2.96. The minimum Gasteiger partial charge on any atom is -0.383 e. The Morgan fingerprint density at radius 1 is 1.26 bits per heavy atom. The second-order valence-corrected chi connectivity index (χ2v) is 4.79. The number of amides is 2. The minimum atomic E-state index is -0.0898. The van der Waals surface area contributed by atoms with E-state index >= 15 is 0 Å². The van der Waals surface area contributed by atoms with Crippen LogP contribution >= 0.6 is 0 Å². The molecule has 0 aliphatic rings. The summed E-state index contributed by atoms with van der Waals surface area (Å²) in [4.78, 5) is 26.8. The summed E-state index contributed by atoms with van der Waals surface area (Å²) in [5.41, 5.74) is 0. The van der Waals surface area contributed by atoms with Gasteiger partial charge in [-0.3, -0.25) is 9.59 Å². The van der Waals surface area contributed by atoms with E-state index in [0.29, 0.717) is 13.2 Å². The van der Waals surface area contributed by atoms with Crippen molar-refractivity contribution in [2.24, 2.45) is 0 Å². The lowest BCUT2D eigenvalue weighted by atomic mass is 10.2. The highest BCUT2D eigenvalue weighted by Gasteiger charge is 2.18. The van der Waals surface area contributed by atoms with Gasteiger partial charge in [0.25, 0.3) is 0 Å². The maximum Gasteiger partial charge on any atom is 0.241 e.